The number of nitrogens with two attached hydrogens (primary N) is 1. The van der Waals surface area contributed by atoms with Gasteiger partial charge < -0.3 is 10.6 Å². The van der Waals surface area contributed by atoms with E-state index in [4.69, 9.17) is 5.73 Å². The third-order valence-electron chi connectivity index (χ3n) is 4.68. The van der Waals surface area contributed by atoms with E-state index < -0.39 is 0 Å². The van der Waals surface area contributed by atoms with Crippen LogP contribution in [0.2, 0.25) is 0 Å². The fourth-order valence-corrected chi connectivity index (χ4v) is 3.34. The summed E-state index contributed by atoms with van der Waals surface area (Å²) in [6.07, 6.45) is 3.34. The summed E-state index contributed by atoms with van der Waals surface area (Å²) in [7, 11) is 0. The predicted molar refractivity (Wildman–Crippen MR) is 82.5 cm³/mol. The average molecular weight is 290 g/mol. The molecule has 2 N–H and O–H groups in total. The molecular weight excluding hydrogens is 268 g/mol. The molecule has 2 saturated heterocycles. The van der Waals surface area contributed by atoms with E-state index in [2.05, 4.69) is 9.80 Å². The molecule has 0 aromatic heterocycles. The van der Waals surface area contributed by atoms with Gasteiger partial charge in [0.25, 0.3) is 5.69 Å². The molecule has 0 radical (unpaired) electrons. The van der Waals surface area contributed by atoms with E-state index in [1.54, 1.807) is 12.1 Å². The average Bonchev–Trinajstić information content (AvgIpc) is 2.98. The number of benzene rings is 1. The number of hydrogen-bond donors (Lipinski definition) is 1. The highest BCUT2D eigenvalue weighted by Crippen LogP contribution is 2.26. The lowest BCUT2D eigenvalue weighted by molar-refractivity contribution is -0.384. The first-order valence-corrected chi connectivity index (χ1v) is 7.62. The molecule has 1 atom stereocenters. The molecule has 0 bridgehead atoms. The minimum Gasteiger partial charge on any atom is -0.370 e. The molecule has 2 aliphatic rings. The van der Waals surface area contributed by atoms with E-state index in [1.165, 1.54) is 0 Å². The summed E-state index contributed by atoms with van der Waals surface area (Å²) in [5, 5.41) is 10.7. The summed E-state index contributed by atoms with van der Waals surface area (Å²) in [6.45, 7) is 4.22. The Morgan fingerprint density at radius 2 is 1.76 bits per heavy atom. The van der Waals surface area contributed by atoms with Crippen LogP contribution >= 0.6 is 0 Å². The maximum atomic E-state index is 10.7. The molecule has 2 fully saturated rings. The summed E-state index contributed by atoms with van der Waals surface area (Å²) in [6, 6.07) is 7.84. The SMILES string of the molecule is NC1CCN(C2CCN(c3ccc([N+](=O)[O-])cc3)C2)CC1. The topological polar surface area (TPSA) is 75.6 Å². The quantitative estimate of drug-likeness (QED) is 0.676. The summed E-state index contributed by atoms with van der Waals surface area (Å²) in [5.41, 5.74) is 7.19. The molecule has 2 aliphatic heterocycles. The number of nitro groups is 1. The molecule has 0 spiro atoms. The van der Waals surface area contributed by atoms with E-state index >= 15 is 0 Å². The van der Waals surface area contributed by atoms with Crippen LogP contribution < -0.4 is 10.6 Å². The van der Waals surface area contributed by atoms with Crippen molar-refractivity contribution in [3.05, 3.63) is 34.4 Å². The molecule has 6 nitrogen and oxygen atoms in total. The molecule has 1 aromatic rings. The van der Waals surface area contributed by atoms with E-state index in [0.717, 1.165) is 51.1 Å². The van der Waals surface area contributed by atoms with E-state index in [-0.39, 0.29) is 10.6 Å². The van der Waals surface area contributed by atoms with Gasteiger partial charge in [-0.15, -0.1) is 0 Å². The van der Waals surface area contributed by atoms with Gasteiger partial charge in [-0.3, -0.25) is 15.0 Å². The Hall–Kier alpha value is -1.66. The van der Waals surface area contributed by atoms with Crippen LogP contribution in [0.4, 0.5) is 11.4 Å². The van der Waals surface area contributed by atoms with Crippen molar-refractivity contribution >= 4 is 11.4 Å². The number of non-ortho nitro benzene ring substituents is 1. The molecule has 1 aromatic carbocycles. The van der Waals surface area contributed by atoms with E-state index in [0.29, 0.717) is 12.1 Å². The van der Waals surface area contributed by atoms with Gasteiger partial charge in [0.05, 0.1) is 4.92 Å². The van der Waals surface area contributed by atoms with Crippen molar-refractivity contribution in [2.75, 3.05) is 31.1 Å². The highest BCUT2D eigenvalue weighted by molar-refractivity contribution is 5.51. The normalized spacial score (nSPS) is 24.4. The van der Waals surface area contributed by atoms with Gasteiger partial charge in [0, 0.05) is 43.0 Å². The second kappa shape index (κ2) is 5.99. The van der Waals surface area contributed by atoms with Gasteiger partial charge in [-0.25, -0.2) is 0 Å². The van der Waals surface area contributed by atoms with Crippen molar-refractivity contribution in [3.63, 3.8) is 0 Å². The van der Waals surface area contributed by atoms with Crippen LogP contribution in [0.1, 0.15) is 19.3 Å². The zero-order chi connectivity index (χ0) is 14.8. The highest BCUT2D eigenvalue weighted by atomic mass is 16.6. The van der Waals surface area contributed by atoms with Crippen LogP contribution in [0.5, 0.6) is 0 Å². The summed E-state index contributed by atoms with van der Waals surface area (Å²) >= 11 is 0. The van der Waals surface area contributed by atoms with E-state index in [1.807, 2.05) is 12.1 Å². The first-order valence-electron chi connectivity index (χ1n) is 7.62. The summed E-state index contributed by atoms with van der Waals surface area (Å²) in [5.74, 6) is 0. The van der Waals surface area contributed by atoms with Gasteiger partial charge >= 0.3 is 0 Å². The minimum absolute atomic E-state index is 0.152. The zero-order valence-electron chi connectivity index (χ0n) is 12.1. The van der Waals surface area contributed by atoms with Crippen LogP contribution in [-0.4, -0.2) is 48.1 Å². The van der Waals surface area contributed by atoms with Gasteiger partial charge in [0.1, 0.15) is 0 Å². The third-order valence-corrected chi connectivity index (χ3v) is 4.68. The number of likely N-dealkylation sites (tertiary alicyclic amines) is 1. The molecule has 114 valence electrons. The van der Waals surface area contributed by atoms with Gasteiger partial charge in [-0.05, 0) is 44.5 Å². The van der Waals surface area contributed by atoms with Crippen molar-refractivity contribution < 1.29 is 4.92 Å². The second-order valence-electron chi connectivity index (χ2n) is 6.04. The van der Waals surface area contributed by atoms with Crippen molar-refractivity contribution in [3.8, 4) is 0 Å². The largest absolute Gasteiger partial charge is 0.370 e. The molecule has 6 heteroatoms. The first kappa shape index (κ1) is 14.3. The Balaban J connectivity index is 1.60. The van der Waals surface area contributed by atoms with Crippen molar-refractivity contribution in [1.29, 1.82) is 0 Å². The lowest BCUT2D eigenvalue weighted by atomic mass is 10.0. The predicted octanol–water partition coefficient (Wildman–Crippen LogP) is 1.60. The number of anilines is 1. The van der Waals surface area contributed by atoms with Gasteiger partial charge in [-0.2, -0.15) is 0 Å². The van der Waals surface area contributed by atoms with Gasteiger partial charge in [-0.1, -0.05) is 0 Å². The van der Waals surface area contributed by atoms with Gasteiger partial charge in [0.15, 0.2) is 0 Å². The molecule has 2 heterocycles. The van der Waals surface area contributed by atoms with Crippen LogP contribution in [0.3, 0.4) is 0 Å². The fraction of sp³-hybridized carbons (Fsp3) is 0.600. The fourth-order valence-electron chi connectivity index (χ4n) is 3.34. The number of nitro benzene ring substituents is 1. The maximum absolute atomic E-state index is 10.7. The Morgan fingerprint density at radius 1 is 1.10 bits per heavy atom. The summed E-state index contributed by atoms with van der Waals surface area (Å²) in [4.78, 5) is 15.2. The molecule has 0 amide bonds. The monoisotopic (exact) mass is 290 g/mol. The lowest BCUT2D eigenvalue weighted by Gasteiger charge is -2.34. The Bertz CT molecular complexity index is 497. The van der Waals surface area contributed by atoms with Crippen LogP contribution in [0.25, 0.3) is 0 Å². The molecule has 0 saturated carbocycles. The number of piperidine rings is 1. The Kier molecular flexibility index (Phi) is 4.07. The summed E-state index contributed by atoms with van der Waals surface area (Å²) < 4.78 is 0. The van der Waals surface area contributed by atoms with Crippen molar-refractivity contribution in [2.45, 2.75) is 31.3 Å². The minimum atomic E-state index is -0.354. The first-order chi connectivity index (χ1) is 10.1. The smallest absolute Gasteiger partial charge is 0.269 e. The van der Waals surface area contributed by atoms with Crippen LogP contribution in [0, 0.1) is 10.1 Å². The molecule has 3 rings (SSSR count). The molecular formula is C15H22N4O2. The van der Waals surface area contributed by atoms with Crippen LogP contribution in [-0.2, 0) is 0 Å². The Morgan fingerprint density at radius 3 is 2.38 bits per heavy atom. The molecule has 0 aliphatic carbocycles. The maximum Gasteiger partial charge on any atom is 0.269 e. The lowest BCUT2D eigenvalue weighted by Crippen LogP contribution is -2.46. The highest BCUT2D eigenvalue weighted by Gasteiger charge is 2.30. The van der Waals surface area contributed by atoms with Crippen molar-refractivity contribution in [2.24, 2.45) is 5.73 Å². The molecule has 1 unspecified atom stereocenters. The van der Waals surface area contributed by atoms with E-state index in [9.17, 15) is 10.1 Å². The second-order valence-corrected chi connectivity index (χ2v) is 6.04. The number of hydrogen-bond acceptors (Lipinski definition) is 5. The van der Waals surface area contributed by atoms with Crippen molar-refractivity contribution in [1.82, 2.24) is 4.90 Å². The number of nitrogens with zero attached hydrogens (tertiary/aromatic N) is 3. The van der Waals surface area contributed by atoms with Gasteiger partial charge in [0.2, 0.25) is 0 Å². The van der Waals surface area contributed by atoms with Crippen LogP contribution in [0.15, 0.2) is 24.3 Å². The third kappa shape index (κ3) is 3.16. The standard InChI is InChI=1S/C15H22N4O2/c16-12-5-8-17(9-6-12)15-7-10-18(11-15)13-1-3-14(4-2-13)19(20)21/h1-4,12,15H,5-11,16H2. The number of rotatable bonds is 3. The zero-order valence-corrected chi connectivity index (χ0v) is 12.1. The Labute approximate surface area is 124 Å². The molecule has 21 heavy (non-hydrogen) atoms.